The van der Waals surface area contributed by atoms with Crippen molar-refractivity contribution in [3.63, 3.8) is 0 Å². The number of carbonyl (C=O) groups is 2. The number of nitrogens with zero attached hydrogens (tertiary/aromatic N) is 3. The van der Waals surface area contributed by atoms with Gasteiger partial charge in [-0.05, 0) is 30.2 Å². The zero-order valence-corrected chi connectivity index (χ0v) is 15.5. The van der Waals surface area contributed by atoms with Crippen molar-refractivity contribution in [3.8, 4) is 5.69 Å². The third-order valence-corrected chi connectivity index (χ3v) is 4.18. The summed E-state index contributed by atoms with van der Waals surface area (Å²) in [6, 6.07) is 6.65. The van der Waals surface area contributed by atoms with Crippen LogP contribution in [-0.4, -0.2) is 44.8 Å². The summed E-state index contributed by atoms with van der Waals surface area (Å²) < 4.78 is 1.53. The largest absolute Gasteiger partial charge is 0.481 e. The third-order valence-electron chi connectivity index (χ3n) is 3.44. The van der Waals surface area contributed by atoms with Crippen LogP contribution < -0.4 is 0 Å². The molecule has 0 aliphatic rings. The van der Waals surface area contributed by atoms with Gasteiger partial charge in [0, 0.05) is 19.3 Å². The van der Waals surface area contributed by atoms with E-state index in [-0.39, 0.29) is 30.5 Å². The Morgan fingerprint density at radius 1 is 1.24 bits per heavy atom. The second-order valence-corrected chi connectivity index (χ2v) is 6.85. The maximum absolute atomic E-state index is 12.7. The maximum atomic E-state index is 12.7. The molecule has 134 valence electrons. The Morgan fingerprint density at radius 3 is 2.56 bits per heavy atom. The summed E-state index contributed by atoms with van der Waals surface area (Å²) in [5, 5.41) is 14.0. The lowest BCUT2D eigenvalue weighted by Crippen LogP contribution is -2.36. The highest BCUT2D eigenvalue weighted by Gasteiger charge is 2.20. The Hall–Kier alpha value is -2.05. The first-order valence-corrected chi connectivity index (χ1v) is 8.55. The summed E-state index contributed by atoms with van der Waals surface area (Å²) in [5.74, 6) is -1.02. The number of carbonyl (C=O) groups excluding carboxylic acids is 1. The lowest BCUT2D eigenvalue weighted by molar-refractivity contribution is -0.137. The van der Waals surface area contributed by atoms with Crippen molar-refractivity contribution in [2.45, 2.75) is 20.3 Å². The summed E-state index contributed by atoms with van der Waals surface area (Å²) in [4.78, 5) is 25.0. The predicted octanol–water partition coefficient (Wildman–Crippen LogP) is 3.75. The van der Waals surface area contributed by atoms with Gasteiger partial charge in [-0.15, -0.1) is 0 Å². The van der Waals surface area contributed by atoms with Gasteiger partial charge in [-0.2, -0.15) is 5.10 Å². The minimum atomic E-state index is -0.942. The first-order chi connectivity index (χ1) is 11.8. The summed E-state index contributed by atoms with van der Waals surface area (Å²) in [5.41, 5.74) is 0.923. The van der Waals surface area contributed by atoms with Crippen LogP contribution in [0.1, 0.15) is 30.8 Å². The van der Waals surface area contributed by atoms with Crippen LogP contribution in [0.2, 0.25) is 10.0 Å². The van der Waals surface area contributed by atoms with Crippen molar-refractivity contribution in [2.75, 3.05) is 13.1 Å². The maximum Gasteiger partial charge on any atom is 0.305 e. The molecule has 0 atom stereocenters. The van der Waals surface area contributed by atoms with E-state index >= 15 is 0 Å². The molecule has 1 amide bonds. The fraction of sp³-hybridized carbons (Fsp3) is 0.353. The number of rotatable bonds is 7. The average molecular weight is 384 g/mol. The lowest BCUT2D eigenvalue weighted by Gasteiger charge is -2.23. The van der Waals surface area contributed by atoms with Gasteiger partial charge < -0.3 is 10.0 Å². The van der Waals surface area contributed by atoms with E-state index in [9.17, 15) is 9.59 Å². The molecule has 2 aromatic rings. The Labute approximate surface area is 155 Å². The number of hydrogen-bond acceptors (Lipinski definition) is 3. The van der Waals surface area contributed by atoms with Crippen molar-refractivity contribution in [2.24, 2.45) is 5.92 Å². The molecule has 0 radical (unpaired) electrons. The van der Waals surface area contributed by atoms with E-state index in [1.807, 2.05) is 13.8 Å². The first kappa shape index (κ1) is 19.3. The van der Waals surface area contributed by atoms with Crippen LogP contribution in [-0.2, 0) is 4.79 Å². The van der Waals surface area contributed by atoms with Gasteiger partial charge in [0.05, 0.1) is 22.2 Å². The van der Waals surface area contributed by atoms with Gasteiger partial charge in [-0.25, -0.2) is 4.68 Å². The topological polar surface area (TPSA) is 75.4 Å². The number of benzene rings is 1. The van der Waals surface area contributed by atoms with Crippen molar-refractivity contribution >= 4 is 35.1 Å². The van der Waals surface area contributed by atoms with Crippen LogP contribution in [0.15, 0.2) is 30.5 Å². The van der Waals surface area contributed by atoms with E-state index in [1.165, 1.54) is 9.58 Å². The zero-order chi connectivity index (χ0) is 18.6. The molecule has 8 heteroatoms. The molecule has 0 saturated heterocycles. The molecule has 25 heavy (non-hydrogen) atoms. The lowest BCUT2D eigenvalue weighted by atomic mass is 10.2. The van der Waals surface area contributed by atoms with E-state index in [2.05, 4.69) is 5.10 Å². The summed E-state index contributed by atoms with van der Waals surface area (Å²) >= 11 is 11.9. The van der Waals surface area contributed by atoms with E-state index in [4.69, 9.17) is 28.3 Å². The Balaban J connectivity index is 2.21. The van der Waals surface area contributed by atoms with Crippen molar-refractivity contribution in [1.82, 2.24) is 14.7 Å². The molecule has 1 aromatic heterocycles. The number of amides is 1. The van der Waals surface area contributed by atoms with Gasteiger partial charge in [0.1, 0.15) is 0 Å². The molecular formula is C17H19Cl2N3O3. The minimum absolute atomic E-state index is 0.105. The number of carboxylic acids is 1. The summed E-state index contributed by atoms with van der Waals surface area (Å²) in [6.45, 7) is 4.54. The second kappa shape index (κ2) is 8.36. The van der Waals surface area contributed by atoms with Crippen LogP contribution >= 0.6 is 23.2 Å². The van der Waals surface area contributed by atoms with E-state index < -0.39 is 5.97 Å². The highest BCUT2D eigenvalue weighted by molar-refractivity contribution is 6.42. The molecule has 0 fully saturated rings. The SMILES string of the molecule is CC(C)CN(CCC(=O)O)C(=O)c1ccn(-c2ccc(Cl)c(Cl)c2)n1. The number of aromatic nitrogens is 2. The fourth-order valence-electron chi connectivity index (χ4n) is 2.32. The summed E-state index contributed by atoms with van der Waals surface area (Å²) in [7, 11) is 0. The van der Waals surface area contributed by atoms with Gasteiger partial charge in [-0.3, -0.25) is 9.59 Å². The van der Waals surface area contributed by atoms with E-state index in [0.717, 1.165) is 0 Å². The first-order valence-electron chi connectivity index (χ1n) is 7.80. The molecule has 1 heterocycles. The molecular weight excluding hydrogens is 365 g/mol. The van der Waals surface area contributed by atoms with Gasteiger partial charge in [-0.1, -0.05) is 37.0 Å². The van der Waals surface area contributed by atoms with E-state index in [0.29, 0.717) is 22.3 Å². The highest BCUT2D eigenvalue weighted by atomic mass is 35.5. The van der Waals surface area contributed by atoms with Gasteiger partial charge in [0.25, 0.3) is 5.91 Å². The number of hydrogen-bond donors (Lipinski definition) is 1. The Bertz CT molecular complexity index is 774. The van der Waals surface area contributed by atoms with Gasteiger partial charge in [0.2, 0.25) is 0 Å². The smallest absolute Gasteiger partial charge is 0.305 e. The quantitative estimate of drug-likeness (QED) is 0.789. The van der Waals surface area contributed by atoms with E-state index in [1.54, 1.807) is 30.5 Å². The summed E-state index contributed by atoms with van der Waals surface area (Å²) in [6.07, 6.45) is 1.55. The Morgan fingerprint density at radius 2 is 1.96 bits per heavy atom. The number of aliphatic carboxylic acids is 1. The molecule has 0 bridgehead atoms. The number of halogens is 2. The van der Waals surface area contributed by atoms with Crippen LogP contribution in [0.5, 0.6) is 0 Å². The van der Waals surface area contributed by atoms with Crippen molar-refractivity contribution in [1.29, 1.82) is 0 Å². The minimum Gasteiger partial charge on any atom is -0.481 e. The van der Waals surface area contributed by atoms with Crippen LogP contribution in [0.4, 0.5) is 0 Å². The fourth-order valence-corrected chi connectivity index (χ4v) is 2.61. The highest BCUT2D eigenvalue weighted by Crippen LogP contribution is 2.24. The molecule has 0 spiro atoms. The van der Waals surface area contributed by atoms with Crippen molar-refractivity contribution < 1.29 is 14.7 Å². The molecule has 0 aliphatic heterocycles. The molecule has 0 aliphatic carbocycles. The third kappa shape index (κ3) is 5.21. The van der Waals surface area contributed by atoms with Crippen molar-refractivity contribution in [3.05, 3.63) is 46.2 Å². The van der Waals surface area contributed by atoms with Crippen LogP contribution in [0.3, 0.4) is 0 Å². The van der Waals surface area contributed by atoms with Crippen LogP contribution in [0.25, 0.3) is 5.69 Å². The second-order valence-electron chi connectivity index (χ2n) is 6.03. The monoisotopic (exact) mass is 383 g/mol. The molecule has 0 unspecified atom stereocenters. The van der Waals surface area contributed by atoms with Gasteiger partial charge >= 0.3 is 5.97 Å². The standard InChI is InChI=1S/C17H19Cl2N3O3/c1-11(2)10-21(7-6-16(23)24)17(25)15-5-8-22(20-15)12-3-4-13(18)14(19)9-12/h3-5,8-9,11H,6-7,10H2,1-2H3,(H,23,24). The molecule has 6 nitrogen and oxygen atoms in total. The molecule has 1 aromatic carbocycles. The normalized spacial score (nSPS) is 10.9. The zero-order valence-electron chi connectivity index (χ0n) is 13.9. The average Bonchev–Trinajstić information content (AvgIpc) is 3.02. The Kier molecular flexibility index (Phi) is 6.45. The van der Waals surface area contributed by atoms with Crippen LogP contribution in [0, 0.1) is 5.92 Å². The number of carboxylic acid groups (broad SMARTS) is 1. The molecule has 2 rings (SSSR count). The predicted molar refractivity (Wildman–Crippen MR) is 96.6 cm³/mol. The molecule has 1 N–H and O–H groups in total. The van der Waals surface area contributed by atoms with Gasteiger partial charge in [0.15, 0.2) is 5.69 Å². The molecule has 0 saturated carbocycles.